The maximum absolute atomic E-state index is 13.0. The maximum Gasteiger partial charge on any atom is 0.193 e. The molecule has 2 rings (SSSR count). The highest BCUT2D eigenvalue weighted by molar-refractivity contribution is 6.31. The van der Waals surface area contributed by atoms with Crippen molar-refractivity contribution >= 4 is 23.2 Å². The molecule has 0 bridgehead atoms. The highest BCUT2D eigenvalue weighted by Gasteiger charge is 2.05. The van der Waals surface area contributed by atoms with E-state index in [2.05, 4.69) is 10.3 Å². The zero-order chi connectivity index (χ0) is 17.5. The van der Waals surface area contributed by atoms with Crippen LogP contribution >= 0.6 is 11.6 Å². The molecule has 2 aromatic carbocycles. The topological polar surface area (TPSA) is 68.9 Å². The second-order valence-corrected chi connectivity index (χ2v) is 5.35. The van der Waals surface area contributed by atoms with Crippen LogP contribution in [-0.2, 0) is 6.42 Å². The molecule has 0 spiro atoms. The lowest BCUT2D eigenvalue weighted by Crippen LogP contribution is -2.23. The minimum absolute atomic E-state index is 0.264. The number of rotatable bonds is 6. The summed E-state index contributed by atoms with van der Waals surface area (Å²) in [6.45, 7) is 0.428. The first kappa shape index (κ1) is 17.9. The number of nitrogens with one attached hydrogen (secondary N) is 1. The third kappa shape index (κ3) is 4.76. The second-order valence-electron chi connectivity index (χ2n) is 4.95. The van der Waals surface area contributed by atoms with Crippen molar-refractivity contribution in [2.24, 2.45) is 10.7 Å². The van der Waals surface area contributed by atoms with Gasteiger partial charge in [0.25, 0.3) is 0 Å². The Morgan fingerprint density at radius 2 is 1.92 bits per heavy atom. The maximum atomic E-state index is 13.0. The molecule has 0 saturated carbocycles. The predicted octanol–water partition coefficient (Wildman–Crippen LogP) is 3.47. The number of methoxy groups -OCH3 is 2. The van der Waals surface area contributed by atoms with Crippen molar-refractivity contribution in [3.8, 4) is 11.5 Å². The zero-order valence-electron chi connectivity index (χ0n) is 13.5. The molecule has 5 nitrogen and oxygen atoms in total. The fourth-order valence-electron chi connectivity index (χ4n) is 2.12. The van der Waals surface area contributed by atoms with Gasteiger partial charge in [-0.25, -0.2) is 4.39 Å². The average Bonchev–Trinajstić information content (AvgIpc) is 2.56. The van der Waals surface area contributed by atoms with Crippen LogP contribution in [0.5, 0.6) is 11.5 Å². The molecular weight excluding hydrogens is 333 g/mol. The van der Waals surface area contributed by atoms with E-state index in [1.807, 2.05) is 0 Å². The van der Waals surface area contributed by atoms with Gasteiger partial charge in [-0.15, -0.1) is 0 Å². The summed E-state index contributed by atoms with van der Waals surface area (Å²) in [6, 6.07) is 9.64. The Balaban J connectivity index is 1.96. The van der Waals surface area contributed by atoms with E-state index in [1.165, 1.54) is 12.1 Å². The molecule has 7 heteroatoms. The summed E-state index contributed by atoms with van der Waals surface area (Å²) in [4.78, 5) is 4.24. The van der Waals surface area contributed by atoms with Crippen LogP contribution in [0, 0.1) is 5.82 Å². The van der Waals surface area contributed by atoms with Gasteiger partial charge in [-0.2, -0.15) is 0 Å². The van der Waals surface area contributed by atoms with E-state index >= 15 is 0 Å². The van der Waals surface area contributed by atoms with Crippen molar-refractivity contribution in [2.45, 2.75) is 6.42 Å². The van der Waals surface area contributed by atoms with Gasteiger partial charge in [0.15, 0.2) is 17.5 Å². The standard InChI is InChI=1S/C17H19ClFN3O2/c1-23-15-6-5-13(10-16(15)24-2)22-17(20)21-8-7-11-3-4-12(19)9-14(11)18/h3-6,9-10H,7-8H2,1-2H3,(H3,20,21,22). The summed E-state index contributed by atoms with van der Waals surface area (Å²) in [7, 11) is 3.13. The Labute approximate surface area is 145 Å². The van der Waals surface area contributed by atoms with Crippen LogP contribution in [0.4, 0.5) is 10.1 Å². The van der Waals surface area contributed by atoms with E-state index in [4.69, 9.17) is 26.8 Å². The first-order valence-corrected chi connectivity index (χ1v) is 7.64. The molecule has 24 heavy (non-hydrogen) atoms. The van der Waals surface area contributed by atoms with Crippen LogP contribution in [0.3, 0.4) is 0 Å². The molecule has 0 atom stereocenters. The van der Waals surface area contributed by atoms with Crippen molar-refractivity contribution in [3.05, 3.63) is 52.8 Å². The Morgan fingerprint density at radius 3 is 2.58 bits per heavy atom. The summed E-state index contributed by atoms with van der Waals surface area (Å²) in [5.41, 5.74) is 7.42. The number of halogens is 2. The van der Waals surface area contributed by atoms with Gasteiger partial charge < -0.3 is 20.5 Å². The number of aliphatic imine (C=N–C) groups is 1. The summed E-state index contributed by atoms with van der Waals surface area (Å²) >= 11 is 5.98. The molecule has 3 N–H and O–H groups in total. The number of ether oxygens (including phenoxy) is 2. The minimum Gasteiger partial charge on any atom is -0.493 e. The lowest BCUT2D eigenvalue weighted by molar-refractivity contribution is 0.355. The normalized spacial score (nSPS) is 11.2. The highest BCUT2D eigenvalue weighted by atomic mass is 35.5. The zero-order valence-corrected chi connectivity index (χ0v) is 14.2. The van der Waals surface area contributed by atoms with Crippen LogP contribution in [-0.4, -0.2) is 26.7 Å². The number of nitrogens with zero attached hydrogens (tertiary/aromatic N) is 1. The molecule has 0 saturated heterocycles. The van der Waals surface area contributed by atoms with Crippen molar-refractivity contribution in [1.82, 2.24) is 0 Å². The number of nitrogens with two attached hydrogens (primary N) is 1. The molecule has 0 aliphatic rings. The summed E-state index contributed by atoms with van der Waals surface area (Å²) < 4.78 is 23.4. The number of guanidine groups is 1. The monoisotopic (exact) mass is 351 g/mol. The summed E-state index contributed by atoms with van der Waals surface area (Å²) in [6.07, 6.45) is 0.563. The highest BCUT2D eigenvalue weighted by Crippen LogP contribution is 2.29. The minimum atomic E-state index is -0.359. The number of benzene rings is 2. The van der Waals surface area contributed by atoms with Crippen molar-refractivity contribution < 1.29 is 13.9 Å². The molecule has 0 fully saturated rings. The summed E-state index contributed by atoms with van der Waals surface area (Å²) in [5.74, 6) is 1.13. The molecule has 0 heterocycles. The van der Waals surface area contributed by atoms with Crippen LogP contribution in [0.1, 0.15) is 5.56 Å². The van der Waals surface area contributed by atoms with E-state index in [0.717, 1.165) is 11.3 Å². The van der Waals surface area contributed by atoms with Gasteiger partial charge in [-0.3, -0.25) is 4.99 Å². The van der Waals surface area contributed by atoms with E-state index in [9.17, 15) is 4.39 Å². The first-order valence-electron chi connectivity index (χ1n) is 7.26. The fraction of sp³-hybridized carbons (Fsp3) is 0.235. The lowest BCUT2D eigenvalue weighted by Gasteiger charge is -2.11. The van der Waals surface area contributed by atoms with Gasteiger partial charge in [-0.05, 0) is 36.2 Å². The van der Waals surface area contributed by atoms with Crippen LogP contribution in [0.15, 0.2) is 41.4 Å². The van der Waals surface area contributed by atoms with E-state index in [0.29, 0.717) is 29.5 Å². The smallest absolute Gasteiger partial charge is 0.193 e. The average molecular weight is 352 g/mol. The molecule has 0 amide bonds. The molecule has 128 valence electrons. The van der Waals surface area contributed by atoms with Gasteiger partial charge >= 0.3 is 0 Å². The van der Waals surface area contributed by atoms with Crippen LogP contribution < -0.4 is 20.5 Å². The van der Waals surface area contributed by atoms with Gasteiger partial charge in [0.05, 0.1) is 14.2 Å². The SMILES string of the molecule is COc1ccc(NC(N)=NCCc2ccc(F)cc2Cl)cc1OC. The van der Waals surface area contributed by atoms with E-state index < -0.39 is 0 Å². The molecule has 2 aromatic rings. The predicted molar refractivity (Wildman–Crippen MR) is 94.8 cm³/mol. The number of hydrogen-bond acceptors (Lipinski definition) is 3. The van der Waals surface area contributed by atoms with Gasteiger partial charge in [0.1, 0.15) is 5.82 Å². The first-order chi connectivity index (χ1) is 11.5. The molecule has 0 aromatic heterocycles. The van der Waals surface area contributed by atoms with Gasteiger partial charge in [0.2, 0.25) is 0 Å². The largest absolute Gasteiger partial charge is 0.493 e. The second kappa shape index (κ2) is 8.40. The fourth-order valence-corrected chi connectivity index (χ4v) is 2.38. The van der Waals surface area contributed by atoms with Crippen molar-refractivity contribution in [2.75, 3.05) is 26.1 Å². The van der Waals surface area contributed by atoms with Gasteiger partial charge in [-0.1, -0.05) is 17.7 Å². The molecule has 0 aliphatic heterocycles. The summed E-state index contributed by atoms with van der Waals surface area (Å²) in [5, 5.41) is 3.36. The van der Waals surface area contributed by atoms with Crippen LogP contribution in [0.2, 0.25) is 5.02 Å². The molecule has 0 radical (unpaired) electrons. The third-order valence-electron chi connectivity index (χ3n) is 3.33. The third-order valence-corrected chi connectivity index (χ3v) is 3.69. The van der Waals surface area contributed by atoms with Crippen LogP contribution in [0.25, 0.3) is 0 Å². The molecular formula is C17H19ClFN3O2. The Bertz CT molecular complexity index is 738. The molecule has 0 unspecified atom stereocenters. The Hall–Kier alpha value is -2.47. The van der Waals surface area contributed by atoms with Gasteiger partial charge in [0, 0.05) is 23.3 Å². The number of anilines is 1. The Kier molecular flexibility index (Phi) is 6.26. The Morgan fingerprint density at radius 1 is 1.17 bits per heavy atom. The quantitative estimate of drug-likeness (QED) is 0.617. The van der Waals surface area contributed by atoms with Crippen molar-refractivity contribution in [1.29, 1.82) is 0 Å². The van der Waals surface area contributed by atoms with E-state index in [-0.39, 0.29) is 11.8 Å². The van der Waals surface area contributed by atoms with Crippen molar-refractivity contribution in [3.63, 3.8) is 0 Å². The lowest BCUT2D eigenvalue weighted by atomic mass is 10.1. The molecule has 0 aliphatic carbocycles. The number of hydrogen-bond donors (Lipinski definition) is 2. The van der Waals surface area contributed by atoms with E-state index in [1.54, 1.807) is 38.5 Å².